The monoisotopic (exact) mass is 782 g/mol. The minimum absolute atomic E-state index is 0.0789. The number of nitrogens with zero attached hydrogens (tertiary/aromatic N) is 2. The quantitative estimate of drug-likeness (QED) is 0.168. The fourth-order valence-electron chi connectivity index (χ4n) is 10.6. The Morgan fingerprint density at radius 1 is 0.367 bits per heavy atom. The predicted molar refractivity (Wildman–Crippen MR) is 256 cm³/mol. The second kappa shape index (κ2) is 12.4. The number of benzene rings is 9. The second-order valence-corrected chi connectivity index (χ2v) is 18.0. The highest BCUT2D eigenvalue weighted by molar-refractivity contribution is 7.26. The highest BCUT2D eigenvalue weighted by Gasteiger charge is 2.36. The molecule has 3 aromatic heterocycles. The lowest BCUT2D eigenvalue weighted by atomic mass is 9.82. The van der Waals surface area contributed by atoms with Crippen LogP contribution in [0.2, 0.25) is 0 Å². The first-order valence-corrected chi connectivity index (χ1v) is 21.7. The summed E-state index contributed by atoms with van der Waals surface area (Å²) < 4.78 is 7.52. The van der Waals surface area contributed by atoms with E-state index >= 15 is 0 Å². The molecule has 0 fully saturated rings. The zero-order valence-electron chi connectivity index (χ0n) is 33.3. The standard InChI is InChI=1S/C57H38N2S/c1-57(2)48-24-11-9-19-39(48)44-33-46-45-31-35(27-29-51(45)58(52(46)34-49(44)57)37-15-5-3-6-16-37)36-28-30-53-47(32-36)55-41(21-14-26-54(55)60-53)43-23-13-22-42-40-20-10-12-25-50(40)59(56(42)43)38-17-7-4-8-18-38/h3-34H,1-2H3. The lowest BCUT2D eigenvalue weighted by Gasteiger charge is -2.21. The van der Waals surface area contributed by atoms with Gasteiger partial charge in [-0.1, -0.05) is 135 Å². The Labute approximate surface area is 351 Å². The van der Waals surface area contributed by atoms with Gasteiger partial charge in [0.25, 0.3) is 0 Å². The van der Waals surface area contributed by atoms with E-state index in [0.29, 0.717) is 0 Å². The summed E-state index contributed by atoms with van der Waals surface area (Å²) in [4.78, 5) is 0. The van der Waals surface area contributed by atoms with Crippen LogP contribution in [0.5, 0.6) is 0 Å². The minimum atomic E-state index is -0.0789. The zero-order valence-corrected chi connectivity index (χ0v) is 34.1. The van der Waals surface area contributed by atoms with Gasteiger partial charge in [0.1, 0.15) is 0 Å². The van der Waals surface area contributed by atoms with Crippen molar-refractivity contribution >= 4 is 75.1 Å². The molecule has 60 heavy (non-hydrogen) atoms. The highest BCUT2D eigenvalue weighted by atomic mass is 32.1. The van der Waals surface area contributed by atoms with Crippen LogP contribution in [0.1, 0.15) is 25.0 Å². The summed E-state index contributed by atoms with van der Waals surface area (Å²) in [6.45, 7) is 4.74. The molecule has 0 saturated carbocycles. The maximum absolute atomic E-state index is 2.47. The summed E-state index contributed by atoms with van der Waals surface area (Å²) in [7, 11) is 0. The Hall–Kier alpha value is -7.20. The molecule has 1 aliphatic carbocycles. The number of hydrogen-bond donors (Lipinski definition) is 0. The number of hydrogen-bond acceptors (Lipinski definition) is 1. The van der Waals surface area contributed by atoms with E-state index in [1.54, 1.807) is 0 Å². The van der Waals surface area contributed by atoms with Crippen molar-refractivity contribution in [2.45, 2.75) is 19.3 Å². The molecule has 282 valence electrons. The van der Waals surface area contributed by atoms with E-state index in [0.717, 1.165) is 0 Å². The predicted octanol–water partition coefficient (Wildman–Crippen LogP) is 15.9. The van der Waals surface area contributed by atoms with Crippen molar-refractivity contribution in [1.29, 1.82) is 0 Å². The van der Waals surface area contributed by atoms with Crippen molar-refractivity contribution in [2.75, 3.05) is 0 Å². The third kappa shape index (κ3) is 4.64. The van der Waals surface area contributed by atoms with Crippen LogP contribution in [-0.2, 0) is 5.41 Å². The Morgan fingerprint density at radius 3 is 1.82 bits per heavy atom. The van der Waals surface area contributed by atoms with Crippen molar-refractivity contribution in [3.63, 3.8) is 0 Å². The van der Waals surface area contributed by atoms with Crippen LogP contribution in [0.3, 0.4) is 0 Å². The van der Waals surface area contributed by atoms with Crippen LogP contribution in [0.15, 0.2) is 194 Å². The zero-order chi connectivity index (χ0) is 39.7. The summed E-state index contributed by atoms with van der Waals surface area (Å²) in [5, 5.41) is 7.71. The van der Waals surface area contributed by atoms with Crippen molar-refractivity contribution in [2.24, 2.45) is 0 Å². The minimum Gasteiger partial charge on any atom is -0.309 e. The first kappa shape index (κ1) is 33.7. The molecule has 0 unspecified atom stereocenters. The van der Waals surface area contributed by atoms with E-state index in [4.69, 9.17) is 0 Å². The summed E-state index contributed by atoms with van der Waals surface area (Å²) in [5.41, 5.74) is 17.6. The van der Waals surface area contributed by atoms with Crippen LogP contribution < -0.4 is 0 Å². The molecule has 0 amide bonds. The fraction of sp³-hybridized carbons (Fsp3) is 0.0526. The Balaban J connectivity index is 1.04. The van der Waals surface area contributed by atoms with Gasteiger partial charge >= 0.3 is 0 Å². The van der Waals surface area contributed by atoms with Crippen molar-refractivity contribution < 1.29 is 0 Å². The van der Waals surface area contributed by atoms with Crippen molar-refractivity contribution in [3.8, 4) is 44.8 Å². The molecule has 3 heterocycles. The van der Waals surface area contributed by atoms with Gasteiger partial charge < -0.3 is 9.13 Å². The molecule has 0 N–H and O–H groups in total. The van der Waals surface area contributed by atoms with Gasteiger partial charge in [-0.05, 0) is 112 Å². The van der Waals surface area contributed by atoms with Crippen LogP contribution in [-0.4, -0.2) is 9.13 Å². The topological polar surface area (TPSA) is 9.86 Å². The van der Waals surface area contributed by atoms with Gasteiger partial charge in [0, 0.05) is 64.1 Å². The number of fused-ring (bicyclic) bond motifs is 12. The molecular weight excluding hydrogens is 745 g/mol. The molecule has 1 aliphatic rings. The molecular formula is C57H38N2S. The number of thiophene rings is 1. The molecule has 0 atom stereocenters. The summed E-state index contributed by atoms with van der Waals surface area (Å²) >= 11 is 1.89. The van der Waals surface area contributed by atoms with Gasteiger partial charge in [-0.3, -0.25) is 0 Å². The average molecular weight is 783 g/mol. The van der Waals surface area contributed by atoms with Crippen LogP contribution in [0.25, 0.3) is 109 Å². The number of para-hydroxylation sites is 4. The second-order valence-electron chi connectivity index (χ2n) is 16.9. The molecule has 0 saturated heterocycles. The van der Waals surface area contributed by atoms with E-state index in [1.807, 2.05) is 11.3 Å². The van der Waals surface area contributed by atoms with E-state index in [9.17, 15) is 0 Å². The summed E-state index contributed by atoms with van der Waals surface area (Å²) in [6, 6.07) is 72.2. The Morgan fingerprint density at radius 2 is 0.983 bits per heavy atom. The molecule has 3 heteroatoms. The van der Waals surface area contributed by atoms with E-state index in [1.165, 1.54) is 120 Å². The SMILES string of the molecule is CC1(C)c2ccccc2-c2cc3c4cc(-c5ccc6sc7cccc(-c8cccc9c%10ccccc%10n(-c%10ccccc%10)c89)c7c6c5)ccc4n(-c4ccccc4)c3cc21. The van der Waals surface area contributed by atoms with Gasteiger partial charge in [0.05, 0.1) is 22.1 Å². The first-order chi connectivity index (χ1) is 29.5. The van der Waals surface area contributed by atoms with Gasteiger partial charge in [0.15, 0.2) is 0 Å². The largest absolute Gasteiger partial charge is 0.309 e. The molecule has 0 aliphatic heterocycles. The molecule has 13 rings (SSSR count). The third-order valence-electron chi connectivity index (χ3n) is 13.3. The summed E-state index contributed by atoms with van der Waals surface area (Å²) in [5.74, 6) is 0. The third-order valence-corrected chi connectivity index (χ3v) is 14.4. The molecule has 12 aromatic rings. The van der Waals surface area contributed by atoms with E-state index in [2.05, 4.69) is 217 Å². The lowest BCUT2D eigenvalue weighted by molar-refractivity contribution is 0.661. The normalized spacial score (nSPS) is 13.3. The molecule has 2 nitrogen and oxygen atoms in total. The van der Waals surface area contributed by atoms with Crippen LogP contribution in [0, 0.1) is 0 Å². The van der Waals surface area contributed by atoms with Gasteiger partial charge in [-0.25, -0.2) is 0 Å². The van der Waals surface area contributed by atoms with Gasteiger partial charge in [0.2, 0.25) is 0 Å². The fourth-order valence-corrected chi connectivity index (χ4v) is 11.7. The maximum Gasteiger partial charge on any atom is 0.0619 e. The molecule has 0 radical (unpaired) electrons. The van der Waals surface area contributed by atoms with Crippen molar-refractivity contribution in [1.82, 2.24) is 9.13 Å². The Kier molecular flexibility index (Phi) is 6.98. The molecule has 0 bridgehead atoms. The van der Waals surface area contributed by atoms with Crippen LogP contribution >= 0.6 is 11.3 Å². The molecule has 0 spiro atoms. The average Bonchev–Trinajstić information content (AvgIpc) is 4.01. The van der Waals surface area contributed by atoms with Gasteiger partial charge in [-0.15, -0.1) is 11.3 Å². The Bertz CT molecular complexity index is 3730. The summed E-state index contributed by atoms with van der Waals surface area (Å²) in [6.07, 6.45) is 0. The van der Waals surface area contributed by atoms with E-state index < -0.39 is 0 Å². The first-order valence-electron chi connectivity index (χ1n) is 20.8. The van der Waals surface area contributed by atoms with E-state index in [-0.39, 0.29) is 5.41 Å². The van der Waals surface area contributed by atoms with Crippen molar-refractivity contribution in [3.05, 3.63) is 205 Å². The number of rotatable bonds is 4. The lowest BCUT2D eigenvalue weighted by Crippen LogP contribution is -2.14. The molecule has 9 aromatic carbocycles. The smallest absolute Gasteiger partial charge is 0.0619 e. The highest BCUT2D eigenvalue weighted by Crippen LogP contribution is 2.51. The van der Waals surface area contributed by atoms with Crippen LogP contribution in [0.4, 0.5) is 0 Å². The number of aromatic nitrogens is 2. The maximum atomic E-state index is 2.47. The van der Waals surface area contributed by atoms with Gasteiger partial charge in [-0.2, -0.15) is 0 Å².